The van der Waals surface area contributed by atoms with Crippen LogP contribution in [0.4, 0.5) is 4.39 Å². The summed E-state index contributed by atoms with van der Waals surface area (Å²) in [6.07, 6.45) is 2.00. The Kier molecular flexibility index (Phi) is 3.43. The van der Waals surface area contributed by atoms with E-state index in [1.54, 1.807) is 12.1 Å². The van der Waals surface area contributed by atoms with Crippen LogP contribution in [0.1, 0.15) is 18.4 Å². The highest BCUT2D eigenvalue weighted by atomic mass is 19.1. The van der Waals surface area contributed by atoms with E-state index in [2.05, 4.69) is 5.32 Å². The summed E-state index contributed by atoms with van der Waals surface area (Å²) in [7, 11) is 0. The highest BCUT2D eigenvalue weighted by Crippen LogP contribution is 2.31. The lowest BCUT2D eigenvalue weighted by Crippen LogP contribution is -2.47. The van der Waals surface area contributed by atoms with Crippen LogP contribution in [0.25, 0.3) is 0 Å². The van der Waals surface area contributed by atoms with Crippen molar-refractivity contribution < 1.29 is 14.3 Å². The van der Waals surface area contributed by atoms with E-state index in [0.717, 1.165) is 18.5 Å². The summed E-state index contributed by atoms with van der Waals surface area (Å²) >= 11 is 0. The molecule has 1 atom stereocenters. The van der Waals surface area contributed by atoms with E-state index in [1.165, 1.54) is 12.1 Å². The predicted molar refractivity (Wildman–Crippen MR) is 62.3 cm³/mol. The van der Waals surface area contributed by atoms with Crippen molar-refractivity contribution in [3.8, 4) is 0 Å². The second kappa shape index (κ2) is 4.84. The van der Waals surface area contributed by atoms with Gasteiger partial charge in [0, 0.05) is 6.54 Å². The topological polar surface area (TPSA) is 49.3 Å². The van der Waals surface area contributed by atoms with Crippen LogP contribution < -0.4 is 5.32 Å². The zero-order valence-electron chi connectivity index (χ0n) is 9.58. The lowest BCUT2D eigenvalue weighted by atomic mass is 9.76. The van der Waals surface area contributed by atoms with E-state index in [0.29, 0.717) is 19.4 Å². The SMILES string of the molecule is O=C(O)C1(Cc2ccc(F)cc2)CCCNC1. The first-order chi connectivity index (χ1) is 8.12. The normalized spacial score (nSPS) is 24.5. The second-order valence-corrected chi connectivity index (χ2v) is 4.67. The number of piperidine rings is 1. The first kappa shape index (κ1) is 12.0. The van der Waals surface area contributed by atoms with Crippen molar-refractivity contribution >= 4 is 5.97 Å². The van der Waals surface area contributed by atoms with Gasteiger partial charge in [-0.15, -0.1) is 0 Å². The van der Waals surface area contributed by atoms with Gasteiger partial charge in [-0.2, -0.15) is 0 Å². The lowest BCUT2D eigenvalue weighted by molar-refractivity contribution is -0.150. The summed E-state index contributed by atoms with van der Waals surface area (Å²) in [5.41, 5.74) is 0.133. The fourth-order valence-corrected chi connectivity index (χ4v) is 2.37. The van der Waals surface area contributed by atoms with Gasteiger partial charge in [0.25, 0.3) is 0 Å². The molecule has 92 valence electrons. The van der Waals surface area contributed by atoms with Gasteiger partial charge >= 0.3 is 5.97 Å². The maximum Gasteiger partial charge on any atom is 0.311 e. The monoisotopic (exact) mass is 237 g/mol. The molecule has 1 saturated heterocycles. The Bertz CT molecular complexity index is 396. The van der Waals surface area contributed by atoms with E-state index in [-0.39, 0.29) is 5.82 Å². The molecule has 1 fully saturated rings. The Balaban J connectivity index is 2.17. The molecule has 0 spiro atoms. The Morgan fingerprint density at radius 1 is 1.41 bits per heavy atom. The number of carboxylic acids is 1. The number of halogens is 1. The largest absolute Gasteiger partial charge is 0.481 e. The van der Waals surface area contributed by atoms with Gasteiger partial charge < -0.3 is 10.4 Å². The Morgan fingerprint density at radius 2 is 2.12 bits per heavy atom. The van der Waals surface area contributed by atoms with Crippen LogP contribution >= 0.6 is 0 Å². The molecule has 2 rings (SSSR count). The highest BCUT2D eigenvalue weighted by Gasteiger charge is 2.39. The van der Waals surface area contributed by atoms with Crippen molar-refractivity contribution in [3.05, 3.63) is 35.6 Å². The molecule has 1 aromatic rings. The van der Waals surface area contributed by atoms with Crippen molar-refractivity contribution in [1.29, 1.82) is 0 Å². The molecular formula is C13H16FNO2. The van der Waals surface area contributed by atoms with Gasteiger partial charge in [-0.05, 0) is 43.5 Å². The summed E-state index contributed by atoms with van der Waals surface area (Å²) < 4.78 is 12.8. The Morgan fingerprint density at radius 3 is 2.65 bits per heavy atom. The molecule has 0 radical (unpaired) electrons. The quantitative estimate of drug-likeness (QED) is 0.843. The van der Waals surface area contributed by atoms with Crippen LogP contribution in [-0.4, -0.2) is 24.2 Å². The van der Waals surface area contributed by atoms with Crippen molar-refractivity contribution in [2.45, 2.75) is 19.3 Å². The van der Waals surface area contributed by atoms with Crippen LogP contribution in [0.2, 0.25) is 0 Å². The molecule has 0 bridgehead atoms. The van der Waals surface area contributed by atoms with Gasteiger partial charge in [0.15, 0.2) is 0 Å². The molecule has 0 aromatic heterocycles. The van der Waals surface area contributed by atoms with Crippen molar-refractivity contribution in [2.24, 2.45) is 5.41 Å². The van der Waals surface area contributed by atoms with Gasteiger partial charge in [0.05, 0.1) is 5.41 Å². The van der Waals surface area contributed by atoms with E-state index >= 15 is 0 Å². The number of aliphatic carboxylic acids is 1. The average molecular weight is 237 g/mol. The third kappa shape index (κ3) is 2.64. The summed E-state index contributed by atoms with van der Waals surface area (Å²) in [5, 5.41) is 12.5. The number of hydrogen-bond donors (Lipinski definition) is 2. The first-order valence-electron chi connectivity index (χ1n) is 5.81. The van der Waals surface area contributed by atoms with Crippen molar-refractivity contribution in [2.75, 3.05) is 13.1 Å². The molecule has 17 heavy (non-hydrogen) atoms. The maximum absolute atomic E-state index is 12.8. The number of nitrogens with one attached hydrogen (secondary N) is 1. The number of carbonyl (C=O) groups is 1. The van der Waals surface area contributed by atoms with E-state index in [9.17, 15) is 14.3 Å². The molecule has 1 aliphatic rings. The zero-order chi connectivity index (χ0) is 12.3. The molecular weight excluding hydrogens is 221 g/mol. The molecule has 4 heteroatoms. The summed E-state index contributed by atoms with van der Waals surface area (Å²) in [6, 6.07) is 6.07. The summed E-state index contributed by atoms with van der Waals surface area (Å²) in [6.45, 7) is 1.36. The van der Waals surface area contributed by atoms with Gasteiger partial charge in [-0.3, -0.25) is 4.79 Å². The standard InChI is InChI=1S/C13H16FNO2/c14-11-4-2-10(3-5-11)8-13(12(16)17)6-1-7-15-9-13/h2-5,15H,1,6-9H2,(H,16,17). The van der Waals surface area contributed by atoms with Crippen LogP contribution in [-0.2, 0) is 11.2 Å². The second-order valence-electron chi connectivity index (χ2n) is 4.67. The summed E-state index contributed by atoms with van der Waals surface area (Å²) in [4.78, 5) is 11.4. The molecule has 2 N–H and O–H groups in total. The fraction of sp³-hybridized carbons (Fsp3) is 0.462. The molecule has 1 aromatic carbocycles. The first-order valence-corrected chi connectivity index (χ1v) is 5.81. The van der Waals surface area contributed by atoms with Gasteiger partial charge in [0.1, 0.15) is 5.82 Å². The van der Waals surface area contributed by atoms with Crippen LogP contribution in [0.3, 0.4) is 0 Å². The fourth-order valence-electron chi connectivity index (χ4n) is 2.37. The van der Waals surface area contributed by atoms with Gasteiger partial charge in [0.2, 0.25) is 0 Å². The summed E-state index contributed by atoms with van der Waals surface area (Å²) in [5.74, 6) is -1.06. The van der Waals surface area contributed by atoms with Gasteiger partial charge in [-0.25, -0.2) is 4.39 Å². The minimum absolute atomic E-state index is 0.292. The molecule has 3 nitrogen and oxygen atoms in total. The smallest absolute Gasteiger partial charge is 0.311 e. The third-order valence-corrected chi connectivity index (χ3v) is 3.38. The zero-order valence-corrected chi connectivity index (χ0v) is 9.58. The van der Waals surface area contributed by atoms with Crippen molar-refractivity contribution in [1.82, 2.24) is 5.32 Å². The van der Waals surface area contributed by atoms with E-state index < -0.39 is 11.4 Å². The van der Waals surface area contributed by atoms with E-state index in [1.807, 2.05) is 0 Å². The Labute approximate surface area is 99.7 Å². The minimum atomic E-state index is -0.769. The van der Waals surface area contributed by atoms with Gasteiger partial charge in [-0.1, -0.05) is 12.1 Å². The highest BCUT2D eigenvalue weighted by molar-refractivity contribution is 5.75. The predicted octanol–water partition coefficient (Wildman–Crippen LogP) is 1.82. The molecule has 1 aliphatic heterocycles. The molecule has 1 heterocycles. The van der Waals surface area contributed by atoms with Crippen LogP contribution in [0, 0.1) is 11.2 Å². The molecule has 0 amide bonds. The molecule has 1 unspecified atom stereocenters. The van der Waals surface area contributed by atoms with Crippen molar-refractivity contribution in [3.63, 3.8) is 0 Å². The number of hydrogen-bond acceptors (Lipinski definition) is 2. The minimum Gasteiger partial charge on any atom is -0.481 e. The maximum atomic E-state index is 12.8. The van der Waals surface area contributed by atoms with Crippen LogP contribution in [0.15, 0.2) is 24.3 Å². The number of rotatable bonds is 3. The average Bonchev–Trinajstić information content (AvgIpc) is 2.33. The molecule has 0 aliphatic carbocycles. The number of benzene rings is 1. The van der Waals surface area contributed by atoms with E-state index in [4.69, 9.17) is 0 Å². The Hall–Kier alpha value is -1.42. The third-order valence-electron chi connectivity index (χ3n) is 3.38. The lowest BCUT2D eigenvalue weighted by Gasteiger charge is -2.33. The number of carboxylic acid groups (broad SMARTS) is 1. The molecule has 0 saturated carbocycles. The van der Waals surface area contributed by atoms with Crippen LogP contribution in [0.5, 0.6) is 0 Å².